The molecule has 0 bridgehead atoms. The highest BCUT2D eigenvalue weighted by atomic mass is 15.3. The van der Waals surface area contributed by atoms with E-state index in [0.717, 1.165) is 50.4 Å². The van der Waals surface area contributed by atoms with Gasteiger partial charge < -0.3 is 0 Å². The molecule has 2 aromatic heterocycles. The molecule has 0 aliphatic heterocycles. The molecule has 1 aliphatic carbocycles. The Labute approximate surface area is 217 Å². The zero-order valence-electron chi connectivity index (χ0n) is 20.5. The van der Waals surface area contributed by atoms with Crippen molar-refractivity contribution < 1.29 is 0 Å². The molecule has 0 spiro atoms. The molecule has 37 heavy (non-hydrogen) atoms. The molecule has 1 saturated carbocycles. The molecule has 3 nitrogen and oxygen atoms in total. The van der Waals surface area contributed by atoms with Crippen LogP contribution in [0, 0.1) is 5.92 Å². The summed E-state index contributed by atoms with van der Waals surface area (Å²) in [6.45, 7) is 0. The molecule has 7 rings (SSSR count). The van der Waals surface area contributed by atoms with Gasteiger partial charge in [0.1, 0.15) is 5.69 Å². The quantitative estimate of drug-likeness (QED) is 0.250. The lowest BCUT2D eigenvalue weighted by Gasteiger charge is -2.25. The third-order valence-corrected chi connectivity index (χ3v) is 7.33. The molecule has 6 aromatic rings. The molecule has 1 aliphatic rings. The number of hydrogen-bond acceptors (Lipinski definition) is 2. The summed E-state index contributed by atoms with van der Waals surface area (Å²) in [5, 5.41) is 5.09. The summed E-state index contributed by atoms with van der Waals surface area (Å²) in [5.41, 5.74) is 10.7. The third kappa shape index (κ3) is 3.93. The van der Waals surface area contributed by atoms with E-state index in [-0.39, 0.29) is 0 Å². The molecule has 1 fully saturated rings. The predicted octanol–water partition coefficient (Wildman–Crippen LogP) is 8.50. The smallest absolute Gasteiger partial charge is 0.164 e. The standard InChI is InChI=1S/C34H26N3/c1-4-11-26(12-5-1)30-23-37-34(35-32(30)29-21-19-25(20-22-29)24-17-10-18-24)31(27-13-6-2-7-14-27)33(36-37)28-15-8-3-9-16-28/h1-9,11-16,19-23H,10,17-18H2. The first-order valence-corrected chi connectivity index (χ1v) is 12.9. The van der Waals surface area contributed by atoms with Crippen molar-refractivity contribution in [2.75, 3.05) is 0 Å². The maximum absolute atomic E-state index is 5.35. The Morgan fingerprint density at radius 1 is 0.514 bits per heavy atom. The lowest BCUT2D eigenvalue weighted by Crippen LogP contribution is -2.09. The molecule has 3 heteroatoms. The second-order valence-corrected chi connectivity index (χ2v) is 9.63. The van der Waals surface area contributed by atoms with E-state index in [1.165, 1.54) is 24.8 Å². The number of nitrogens with zero attached hydrogens (tertiary/aromatic N) is 3. The first-order valence-electron chi connectivity index (χ1n) is 12.9. The molecule has 0 saturated heterocycles. The fraction of sp³-hybridized carbons (Fsp3) is 0.0882. The number of aromatic nitrogens is 3. The molecular weight excluding hydrogens is 450 g/mol. The molecule has 4 aromatic carbocycles. The van der Waals surface area contributed by atoms with Crippen LogP contribution in [0.3, 0.4) is 0 Å². The van der Waals surface area contributed by atoms with Crippen LogP contribution >= 0.6 is 0 Å². The highest BCUT2D eigenvalue weighted by Gasteiger charge is 2.22. The zero-order valence-corrected chi connectivity index (χ0v) is 20.5. The van der Waals surface area contributed by atoms with Crippen molar-refractivity contribution in [1.29, 1.82) is 0 Å². The Balaban J connectivity index is 1.49. The van der Waals surface area contributed by atoms with Crippen LogP contribution in [0.1, 0.15) is 24.8 Å². The Morgan fingerprint density at radius 2 is 1.05 bits per heavy atom. The minimum Gasteiger partial charge on any atom is -0.227 e. The van der Waals surface area contributed by atoms with Gasteiger partial charge in [-0.3, -0.25) is 0 Å². The van der Waals surface area contributed by atoms with Crippen LogP contribution in [0.4, 0.5) is 0 Å². The maximum atomic E-state index is 5.35. The molecule has 177 valence electrons. The Kier molecular flexibility index (Phi) is 5.40. The number of fused-ring (bicyclic) bond motifs is 1. The average Bonchev–Trinajstić information content (AvgIpc) is 3.32. The van der Waals surface area contributed by atoms with Gasteiger partial charge in [-0.25, -0.2) is 9.50 Å². The van der Waals surface area contributed by atoms with Crippen LogP contribution in [0.15, 0.2) is 121 Å². The number of hydrogen-bond donors (Lipinski definition) is 0. The van der Waals surface area contributed by atoms with Crippen molar-refractivity contribution in [3.8, 4) is 44.8 Å². The number of benzene rings is 4. The lowest BCUT2D eigenvalue weighted by molar-refractivity contribution is 0.577. The van der Waals surface area contributed by atoms with Gasteiger partial charge in [0.2, 0.25) is 0 Å². The summed E-state index contributed by atoms with van der Waals surface area (Å²) in [6, 6.07) is 40.3. The summed E-state index contributed by atoms with van der Waals surface area (Å²) in [7, 11) is 0. The van der Waals surface area contributed by atoms with Gasteiger partial charge in [0.15, 0.2) is 5.65 Å². The third-order valence-electron chi connectivity index (χ3n) is 7.33. The molecule has 0 atom stereocenters. The maximum Gasteiger partial charge on any atom is 0.164 e. The average molecular weight is 477 g/mol. The van der Waals surface area contributed by atoms with E-state index in [0.29, 0.717) is 0 Å². The zero-order chi connectivity index (χ0) is 24.6. The van der Waals surface area contributed by atoms with Crippen molar-refractivity contribution >= 4 is 5.65 Å². The molecule has 0 amide bonds. The van der Waals surface area contributed by atoms with Crippen LogP contribution in [-0.4, -0.2) is 14.6 Å². The van der Waals surface area contributed by atoms with Crippen molar-refractivity contribution in [1.82, 2.24) is 14.6 Å². The minimum absolute atomic E-state index is 0.858. The molecule has 0 unspecified atom stereocenters. The fourth-order valence-electron chi connectivity index (χ4n) is 5.20. The van der Waals surface area contributed by atoms with Crippen LogP contribution in [0.2, 0.25) is 0 Å². The first kappa shape index (κ1) is 21.8. The van der Waals surface area contributed by atoms with E-state index in [2.05, 4.69) is 109 Å². The van der Waals surface area contributed by atoms with E-state index in [1.807, 2.05) is 16.6 Å². The van der Waals surface area contributed by atoms with Gasteiger partial charge >= 0.3 is 0 Å². The van der Waals surface area contributed by atoms with Crippen molar-refractivity contribution in [3.05, 3.63) is 133 Å². The van der Waals surface area contributed by atoms with Crippen molar-refractivity contribution in [2.45, 2.75) is 19.3 Å². The lowest BCUT2D eigenvalue weighted by atomic mass is 9.80. The van der Waals surface area contributed by atoms with E-state index >= 15 is 0 Å². The normalized spacial score (nSPS) is 13.5. The molecule has 2 heterocycles. The van der Waals surface area contributed by atoms with Gasteiger partial charge in [0.25, 0.3) is 0 Å². The Morgan fingerprint density at radius 3 is 1.65 bits per heavy atom. The van der Waals surface area contributed by atoms with Crippen LogP contribution < -0.4 is 0 Å². The van der Waals surface area contributed by atoms with Crippen LogP contribution in [-0.2, 0) is 0 Å². The predicted molar refractivity (Wildman–Crippen MR) is 151 cm³/mol. The highest BCUT2D eigenvalue weighted by Crippen LogP contribution is 2.39. The van der Waals surface area contributed by atoms with E-state index < -0.39 is 0 Å². The van der Waals surface area contributed by atoms with Gasteiger partial charge in [-0.1, -0.05) is 122 Å². The fourth-order valence-corrected chi connectivity index (χ4v) is 5.20. The largest absolute Gasteiger partial charge is 0.227 e. The van der Waals surface area contributed by atoms with Crippen molar-refractivity contribution in [2.24, 2.45) is 0 Å². The SMILES string of the molecule is c1ccc(-c2cn3nc(-c4ccccc4)c(-c4ccccc4)c3nc2-c2ccc([C]3CCC3)cc2)cc1. The van der Waals surface area contributed by atoms with Gasteiger partial charge in [-0.05, 0) is 29.5 Å². The highest BCUT2D eigenvalue weighted by molar-refractivity contribution is 5.92. The first-order chi connectivity index (χ1) is 18.3. The summed E-state index contributed by atoms with van der Waals surface area (Å²) < 4.78 is 1.95. The van der Waals surface area contributed by atoms with Gasteiger partial charge in [0, 0.05) is 28.8 Å². The van der Waals surface area contributed by atoms with Crippen LogP contribution in [0.5, 0.6) is 0 Å². The van der Waals surface area contributed by atoms with Crippen molar-refractivity contribution in [3.63, 3.8) is 0 Å². The van der Waals surface area contributed by atoms with E-state index in [1.54, 1.807) is 5.92 Å². The number of rotatable bonds is 5. The molecule has 1 radical (unpaired) electrons. The summed E-state index contributed by atoms with van der Waals surface area (Å²) >= 11 is 0. The summed E-state index contributed by atoms with van der Waals surface area (Å²) in [4.78, 5) is 5.35. The summed E-state index contributed by atoms with van der Waals surface area (Å²) in [5.74, 6) is 1.56. The van der Waals surface area contributed by atoms with Gasteiger partial charge in [-0.15, -0.1) is 0 Å². The van der Waals surface area contributed by atoms with Gasteiger partial charge in [0.05, 0.1) is 11.3 Å². The monoisotopic (exact) mass is 476 g/mol. The summed E-state index contributed by atoms with van der Waals surface area (Å²) in [6.07, 6.45) is 5.88. The second kappa shape index (κ2) is 9.18. The Hall–Kier alpha value is -4.50. The van der Waals surface area contributed by atoms with E-state index in [4.69, 9.17) is 10.1 Å². The molecular formula is C34H26N3. The Bertz CT molecular complexity index is 1660. The topological polar surface area (TPSA) is 30.2 Å². The van der Waals surface area contributed by atoms with Gasteiger partial charge in [-0.2, -0.15) is 5.10 Å². The molecule has 0 N–H and O–H groups in total. The van der Waals surface area contributed by atoms with E-state index in [9.17, 15) is 0 Å². The minimum atomic E-state index is 0.858. The second-order valence-electron chi connectivity index (χ2n) is 9.63. The van der Waals surface area contributed by atoms with Crippen LogP contribution in [0.25, 0.3) is 50.4 Å².